The van der Waals surface area contributed by atoms with Crippen LogP contribution in [-0.4, -0.2) is 11.3 Å². The Hall–Kier alpha value is -1.07. The maximum Gasteiger partial charge on any atom is 0.169 e. The van der Waals surface area contributed by atoms with Gasteiger partial charge in [-0.15, -0.1) is 11.3 Å². The molecule has 0 aliphatic heterocycles. The molecule has 0 radical (unpaired) electrons. The number of nitrogens with zero attached hydrogens (tertiary/aromatic N) is 1. The predicted octanol–water partition coefficient (Wildman–Crippen LogP) is 3.45. The van der Waals surface area contributed by atoms with Crippen LogP contribution in [0.4, 0.5) is 4.39 Å². The predicted molar refractivity (Wildman–Crippen MR) is 64.4 cm³/mol. The molecule has 0 amide bonds. The van der Waals surface area contributed by atoms with Crippen LogP contribution in [0.15, 0.2) is 28.1 Å². The van der Waals surface area contributed by atoms with Crippen molar-refractivity contribution in [2.75, 3.05) is 0 Å². The molecular formula is C11H7BrFNOS. The van der Waals surface area contributed by atoms with E-state index in [1.54, 1.807) is 17.5 Å². The van der Waals surface area contributed by atoms with Gasteiger partial charge in [0.1, 0.15) is 11.5 Å². The zero-order chi connectivity index (χ0) is 11.5. The fourth-order valence-electron chi connectivity index (χ4n) is 1.30. The minimum absolute atomic E-state index is 0.258. The number of hydrogen-bond donors (Lipinski definition) is 0. The van der Waals surface area contributed by atoms with Gasteiger partial charge in [-0.05, 0) is 23.8 Å². The van der Waals surface area contributed by atoms with Crippen molar-refractivity contribution < 1.29 is 9.18 Å². The van der Waals surface area contributed by atoms with E-state index in [4.69, 9.17) is 0 Å². The first kappa shape index (κ1) is 11.4. The Morgan fingerprint density at radius 3 is 3.00 bits per heavy atom. The first-order chi connectivity index (χ1) is 7.69. The number of hydrogen-bond acceptors (Lipinski definition) is 3. The van der Waals surface area contributed by atoms with Gasteiger partial charge in [0.2, 0.25) is 0 Å². The van der Waals surface area contributed by atoms with Crippen LogP contribution in [-0.2, 0) is 6.42 Å². The highest BCUT2D eigenvalue weighted by Gasteiger charge is 2.07. The fourth-order valence-corrected chi connectivity index (χ4v) is 2.47. The van der Waals surface area contributed by atoms with Gasteiger partial charge in [0.15, 0.2) is 6.29 Å². The summed E-state index contributed by atoms with van der Waals surface area (Å²) in [6, 6.07) is 4.78. The normalized spacial score (nSPS) is 10.4. The summed E-state index contributed by atoms with van der Waals surface area (Å²) in [4.78, 5) is 14.5. The highest BCUT2D eigenvalue weighted by Crippen LogP contribution is 2.20. The maximum atomic E-state index is 13.4. The number of rotatable bonds is 3. The third kappa shape index (κ3) is 2.54. The SMILES string of the molecule is O=Cc1csc(Cc2cc(Br)ccc2F)n1. The van der Waals surface area contributed by atoms with Crippen LogP contribution >= 0.6 is 27.3 Å². The Morgan fingerprint density at radius 2 is 2.31 bits per heavy atom. The molecule has 0 aliphatic carbocycles. The highest BCUT2D eigenvalue weighted by molar-refractivity contribution is 9.10. The fraction of sp³-hybridized carbons (Fsp3) is 0.0909. The number of carbonyl (C=O) groups is 1. The first-order valence-electron chi connectivity index (χ1n) is 4.52. The molecule has 0 aliphatic rings. The lowest BCUT2D eigenvalue weighted by molar-refractivity contribution is 0.111. The molecular weight excluding hydrogens is 293 g/mol. The summed E-state index contributed by atoms with van der Waals surface area (Å²) in [6.07, 6.45) is 1.10. The number of aldehydes is 1. The second kappa shape index (κ2) is 4.84. The zero-order valence-corrected chi connectivity index (χ0v) is 10.5. The summed E-state index contributed by atoms with van der Waals surface area (Å²) in [5.74, 6) is -0.258. The smallest absolute Gasteiger partial charge is 0.169 e. The van der Waals surface area contributed by atoms with Crippen molar-refractivity contribution in [3.8, 4) is 0 Å². The molecule has 0 unspecified atom stereocenters. The molecule has 82 valence electrons. The van der Waals surface area contributed by atoms with Gasteiger partial charge < -0.3 is 0 Å². The van der Waals surface area contributed by atoms with Gasteiger partial charge >= 0.3 is 0 Å². The molecule has 0 saturated carbocycles. The van der Waals surface area contributed by atoms with Gasteiger partial charge in [-0.1, -0.05) is 15.9 Å². The molecule has 0 fully saturated rings. The van der Waals surface area contributed by atoms with E-state index in [2.05, 4.69) is 20.9 Å². The van der Waals surface area contributed by atoms with Crippen molar-refractivity contribution in [3.63, 3.8) is 0 Å². The van der Waals surface area contributed by atoms with E-state index in [-0.39, 0.29) is 5.82 Å². The lowest BCUT2D eigenvalue weighted by atomic mass is 10.1. The molecule has 5 heteroatoms. The van der Waals surface area contributed by atoms with Crippen LogP contribution in [0.1, 0.15) is 21.1 Å². The van der Waals surface area contributed by atoms with Crippen molar-refractivity contribution in [1.82, 2.24) is 4.98 Å². The van der Waals surface area contributed by atoms with E-state index >= 15 is 0 Å². The molecule has 0 bridgehead atoms. The number of carbonyl (C=O) groups excluding carboxylic acids is 1. The molecule has 1 aromatic carbocycles. The lowest BCUT2D eigenvalue weighted by Crippen LogP contribution is -1.92. The maximum absolute atomic E-state index is 13.4. The molecule has 16 heavy (non-hydrogen) atoms. The summed E-state index contributed by atoms with van der Waals surface area (Å²) < 4.78 is 14.3. The molecule has 0 N–H and O–H groups in total. The van der Waals surface area contributed by atoms with E-state index < -0.39 is 0 Å². The third-order valence-corrected chi connectivity index (χ3v) is 3.40. The van der Waals surface area contributed by atoms with Crippen molar-refractivity contribution in [3.05, 3.63) is 50.1 Å². The van der Waals surface area contributed by atoms with Crippen LogP contribution in [0, 0.1) is 5.82 Å². The Kier molecular flexibility index (Phi) is 3.46. The minimum Gasteiger partial charge on any atom is -0.296 e. The number of halogens is 2. The molecule has 1 heterocycles. The second-order valence-corrected chi connectivity index (χ2v) is 5.05. The minimum atomic E-state index is -0.258. The number of benzene rings is 1. The summed E-state index contributed by atoms with van der Waals surface area (Å²) in [5.41, 5.74) is 0.969. The average Bonchev–Trinajstić information content (AvgIpc) is 2.71. The largest absolute Gasteiger partial charge is 0.296 e. The Balaban J connectivity index is 2.26. The molecule has 2 rings (SSSR count). The van der Waals surface area contributed by atoms with Crippen LogP contribution in [0.3, 0.4) is 0 Å². The number of thiazole rings is 1. The molecule has 2 nitrogen and oxygen atoms in total. The van der Waals surface area contributed by atoms with Crippen LogP contribution < -0.4 is 0 Å². The summed E-state index contributed by atoms with van der Waals surface area (Å²) >= 11 is 4.65. The third-order valence-electron chi connectivity index (χ3n) is 2.04. The molecule has 2 aromatic rings. The summed E-state index contributed by atoms with van der Waals surface area (Å²) in [6.45, 7) is 0. The average molecular weight is 300 g/mol. The van der Waals surface area contributed by atoms with E-state index in [0.29, 0.717) is 24.0 Å². The van der Waals surface area contributed by atoms with Gasteiger partial charge in [0.25, 0.3) is 0 Å². The molecule has 0 saturated heterocycles. The quantitative estimate of drug-likeness (QED) is 0.813. The highest BCUT2D eigenvalue weighted by atomic mass is 79.9. The van der Waals surface area contributed by atoms with Crippen molar-refractivity contribution in [1.29, 1.82) is 0 Å². The van der Waals surface area contributed by atoms with Crippen LogP contribution in [0.5, 0.6) is 0 Å². The monoisotopic (exact) mass is 299 g/mol. The van der Waals surface area contributed by atoms with Crippen molar-refractivity contribution in [2.24, 2.45) is 0 Å². The summed E-state index contributed by atoms with van der Waals surface area (Å²) in [7, 11) is 0. The van der Waals surface area contributed by atoms with E-state index in [1.807, 2.05) is 0 Å². The van der Waals surface area contributed by atoms with Gasteiger partial charge in [-0.2, -0.15) is 0 Å². The van der Waals surface area contributed by atoms with Gasteiger partial charge in [0.05, 0.1) is 5.01 Å². The molecule has 0 spiro atoms. The van der Waals surface area contributed by atoms with Gasteiger partial charge in [0, 0.05) is 16.3 Å². The van der Waals surface area contributed by atoms with Crippen molar-refractivity contribution in [2.45, 2.75) is 6.42 Å². The van der Waals surface area contributed by atoms with E-state index in [0.717, 1.165) is 9.48 Å². The van der Waals surface area contributed by atoms with Crippen LogP contribution in [0.2, 0.25) is 0 Å². The van der Waals surface area contributed by atoms with Crippen LogP contribution in [0.25, 0.3) is 0 Å². The van der Waals surface area contributed by atoms with E-state index in [1.165, 1.54) is 17.4 Å². The zero-order valence-electron chi connectivity index (χ0n) is 8.11. The first-order valence-corrected chi connectivity index (χ1v) is 6.20. The Bertz CT molecular complexity index is 526. The Labute approximate surface area is 104 Å². The Morgan fingerprint density at radius 1 is 1.50 bits per heavy atom. The standard InChI is InChI=1S/C11H7BrFNOS/c12-8-1-2-10(13)7(3-8)4-11-14-9(5-15)6-16-11/h1-3,5-6H,4H2. The molecule has 0 atom stereocenters. The number of aromatic nitrogens is 1. The van der Waals surface area contributed by atoms with Crippen molar-refractivity contribution >= 4 is 33.6 Å². The second-order valence-electron chi connectivity index (χ2n) is 3.20. The van der Waals surface area contributed by atoms with Gasteiger partial charge in [-0.3, -0.25) is 4.79 Å². The summed E-state index contributed by atoms with van der Waals surface area (Å²) in [5, 5.41) is 2.40. The molecule has 1 aromatic heterocycles. The van der Waals surface area contributed by atoms with Gasteiger partial charge in [-0.25, -0.2) is 9.37 Å². The lowest BCUT2D eigenvalue weighted by Gasteiger charge is -2.01. The van der Waals surface area contributed by atoms with E-state index in [9.17, 15) is 9.18 Å². The topological polar surface area (TPSA) is 30.0 Å².